The number of likely N-dealkylation sites (N-methyl/N-ethyl adjacent to an activating group) is 1. The number of rotatable bonds is 3. The van der Waals surface area contributed by atoms with E-state index in [0.717, 1.165) is 0 Å². The van der Waals surface area contributed by atoms with E-state index in [1.54, 1.807) is 7.05 Å². The van der Waals surface area contributed by atoms with Crippen molar-refractivity contribution in [3.63, 3.8) is 0 Å². The third-order valence-corrected chi connectivity index (χ3v) is 2.57. The first kappa shape index (κ1) is 11.3. The average molecular weight is 237 g/mol. The number of nitro groups is 1. The van der Waals surface area contributed by atoms with E-state index in [1.165, 1.54) is 23.2 Å². The van der Waals surface area contributed by atoms with Crippen LogP contribution in [0.1, 0.15) is 6.42 Å². The quantitative estimate of drug-likeness (QED) is 0.567. The van der Waals surface area contributed by atoms with Gasteiger partial charge in [0.1, 0.15) is 6.20 Å². The van der Waals surface area contributed by atoms with Crippen molar-refractivity contribution in [3.05, 3.63) is 28.4 Å². The highest BCUT2D eigenvalue weighted by Gasteiger charge is 2.32. The number of aromatic nitrogens is 1. The Morgan fingerprint density at radius 2 is 2.41 bits per heavy atom. The van der Waals surface area contributed by atoms with Crippen LogP contribution in [0.3, 0.4) is 0 Å². The van der Waals surface area contributed by atoms with E-state index in [-0.39, 0.29) is 17.5 Å². The monoisotopic (exact) mass is 237 g/mol. The minimum Gasteiger partial charge on any atom is -0.472 e. The summed E-state index contributed by atoms with van der Waals surface area (Å²) in [6, 6.07) is 2.97. The lowest BCUT2D eigenvalue weighted by atomic mass is 10.3. The maximum atomic E-state index is 11.6. The molecule has 2 rings (SSSR count). The van der Waals surface area contributed by atoms with Gasteiger partial charge >= 0.3 is 5.82 Å². The first-order chi connectivity index (χ1) is 8.09. The van der Waals surface area contributed by atoms with Crippen molar-refractivity contribution in [3.8, 4) is 5.75 Å². The molecule has 1 aromatic heterocycles. The Bertz CT molecular complexity index is 463. The van der Waals surface area contributed by atoms with Gasteiger partial charge in [-0.25, -0.2) is 0 Å². The minimum absolute atomic E-state index is 0.0335. The smallest absolute Gasteiger partial charge is 0.406 e. The topological polar surface area (TPSA) is 85.6 Å². The van der Waals surface area contributed by atoms with E-state index < -0.39 is 11.0 Å². The Balaban J connectivity index is 2.19. The van der Waals surface area contributed by atoms with E-state index in [1.807, 2.05) is 0 Å². The predicted molar refractivity (Wildman–Crippen MR) is 57.6 cm³/mol. The van der Waals surface area contributed by atoms with Crippen molar-refractivity contribution in [2.24, 2.45) is 0 Å². The fraction of sp³-hybridized carbons (Fsp3) is 0.400. The van der Waals surface area contributed by atoms with Crippen LogP contribution in [0.25, 0.3) is 0 Å². The van der Waals surface area contributed by atoms with E-state index in [2.05, 4.69) is 4.98 Å². The molecule has 1 saturated heterocycles. The van der Waals surface area contributed by atoms with Crippen LogP contribution in [0.2, 0.25) is 0 Å². The molecule has 0 radical (unpaired) electrons. The third kappa shape index (κ3) is 2.17. The van der Waals surface area contributed by atoms with E-state index in [4.69, 9.17) is 4.74 Å². The maximum Gasteiger partial charge on any atom is 0.406 e. The van der Waals surface area contributed by atoms with E-state index >= 15 is 0 Å². The molecular weight excluding hydrogens is 226 g/mol. The van der Waals surface area contributed by atoms with Crippen LogP contribution in [-0.2, 0) is 4.79 Å². The molecule has 1 fully saturated rings. The number of carbonyl (C=O) groups excluding carboxylic acids is 1. The number of pyridine rings is 1. The summed E-state index contributed by atoms with van der Waals surface area (Å²) < 4.78 is 5.36. The summed E-state index contributed by atoms with van der Waals surface area (Å²) in [6.45, 7) is 0.595. The number of hydrogen-bond acceptors (Lipinski definition) is 5. The van der Waals surface area contributed by atoms with Gasteiger partial charge in [-0.1, -0.05) is 0 Å². The molecule has 0 unspecified atom stereocenters. The third-order valence-electron chi connectivity index (χ3n) is 2.57. The summed E-state index contributed by atoms with van der Waals surface area (Å²) in [7, 11) is 1.67. The molecule has 17 heavy (non-hydrogen) atoms. The molecule has 1 aliphatic rings. The van der Waals surface area contributed by atoms with Crippen molar-refractivity contribution in [1.82, 2.24) is 9.88 Å². The van der Waals surface area contributed by atoms with Gasteiger partial charge in [-0.05, 0) is 22.0 Å². The normalized spacial score (nSPS) is 19.5. The molecule has 7 nitrogen and oxygen atoms in total. The van der Waals surface area contributed by atoms with Crippen LogP contribution >= 0.6 is 0 Å². The highest BCUT2D eigenvalue weighted by atomic mass is 16.6. The first-order valence-corrected chi connectivity index (χ1v) is 5.10. The van der Waals surface area contributed by atoms with Crippen LogP contribution in [0, 0.1) is 10.1 Å². The Hall–Kier alpha value is -2.18. The number of nitrogens with zero attached hydrogens (tertiary/aromatic N) is 3. The molecule has 0 N–H and O–H groups in total. The molecule has 1 aliphatic heterocycles. The highest BCUT2D eigenvalue weighted by molar-refractivity contribution is 5.83. The van der Waals surface area contributed by atoms with Gasteiger partial charge in [-0.2, -0.15) is 0 Å². The zero-order valence-electron chi connectivity index (χ0n) is 9.20. The second-order valence-electron chi connectivity index (χ2n) is 3.74. The lowest BCUT2D eigenvalue weighted by Gasteiger charge is -2.12. The van der Waals surface area contributed by atoms with E-state index in [9.17, 15) is 14.9 Å². The van der Waals surface area contributed by atoms with Gasteiger partial charge < -0.3 is 19.8 Å². The SMILES string of the molecule is CN1CC[C@@H](Oc2cccnc2[N+](=O)[O-])C1=O. The summed E-state index contributed by atoms with van der Waals surface area (Å²) in [5.41, 5.74) is 0. The number of amides is 1. The molecule has 0 saturated carbocycles. The largest absolute Gasteiger partial charge is 0.472 e. The van der Waals surface area contributed by atoms with Crippen molar-refractivity contribution >= 4 is 11.7 Å². The fourth-order valence-corrected chi connectivity index (χ4v) is 1.66. The molecule has 0 spiro atoms. The molecule has 1 atom stereocenters. The zero-order valence-corrected chi connectivity index (χ0v) is 9.20. The van der Waals surface area contributed by atoms with Gasteiger partial charge in [0.25, 0.3) is 5.91 Å². The van der Waals surface area contributed by atoms with Crippen LogP contribution in [0.15, 0.2) is 18.3 Å². The van der Waals surface area contributed by atoms with Gasteiger partial charge in [0.2, 0.25) is 5.75 Å². The molecule has 0 bridgehead atoms. The minimum atomic E-state index is -0.650. The predicted octanol–water partition coefficient (Wildman–Crippen LogP) is 0.599. The van der Waals surface area contributed by atoms with Crippen molar-refractivity contribution in [1.29, 1.82) is 0 Å². The molecule has 7 heteroatoms. The molecule has 1 amide bonds. The maximum absolute atomic E-state index is 11.6. The number of hydrogen-bond donors (Lipinski definition) is 0. The molecule has 90 valence electrons. The van der Waals surface area contributed by atoms with Gasteiger partial charge in [0, 0.05) is 20.0 Å². The van der Waals surface area contributed by atoms with Crippen LogP contribution in [-0.4, -0.2) is 40.4 Å². The summed E-state index contributed by atoms with van der Waals surface area (Å²) >= 11 is 0. The van der Waals surface area contributed by atoms with Crippen molar-refractivity contribution in [2.75, 3.05) is 13.6 Å². The summed E-state index contributed by atoms with van der Waals surface area (Å²) in [6.07, 6.45) is 1.19. The van der Waals surface area contributed by atoms with Gasteiger partial charge in [-0.15, -0.1) is 0 Å². The number of ether oxygens (including phenoxy) is 1. The lowest BCUT2D eigenvalue weighted by molar-refractivity contribution is -0.390. The highest BCUT2D eigenvalue weighted by Crippen LogP contribution is 2.26. The van der Waals surface area contributed by atoms with E-state index in [0.29, 0.717) is 13.0 Å². The van der Waals surface area contributed by atoms with Crippen molar-refractivity contribution < 1.29 is 14.5 Å². The fourth-order valence-electron chi connectivity index (χ4n) is 1.66. The summed E-state index contributed by atoms with van der Waals surface area (Å²) in [5, 5.41) is 10.7. The average Bonchev–Trinajstić information content (AvgIpc) is 2.61. The Labute approximate surface area is 97.2 Å². The number of likely N-dealkylation sites (tertiary alicyclic amines) is 1. The molecular formula is C10H11N3O4. The zero-order chi connectivity index (χ0) is 12.4. The van der Waals surface area contributed by atoms with Crippen LogP contribution in [0.4, 0.5) is 5.82 Å². The Kier molecular flexibility index (Phi) is 2.90. The van der Waals surface area contributed by atoms with Crippen LogP contribution in [0.5, 0.6) is 5.75 Å². The Morgan fingerprint density at radius 1 is 1.65 bits per heavy atom. The second-order valence-corrected chi connectivity index (χ2v) is 3.74. The summed E-state index contributed by atoms with van der Waals surface area (Å²) in [4.78, 5) is 26.8. The Morgan fingerprint density at radius 3 is 3.00 bits per heavy atom. The van der Waals surface area contributed by atoms with Crippen molar-refractivity contribution in [2.45, 2.75) is 12.5 Å². The second kappa shape index (κ2) is 4.36. The van der Waals surface area contributed by atoms with Gasteiger partial charge in [0.15, 0.2) is 6.10 Å². The number of carbonyl (C=O) groups is 1. The molecule has 0 aromatic carbocycles. The van der Waals surface area contributed by atoms with Gasteiger partial charge in [0.05, 0.1) is 0 Å². The molecule has 0 aliphatic carbocycles. The molecule has 1 aromatic rings. The first-order valence-electron chi connectivity index (χ1n) is 5.10. The standard InChI is InChI=1S/C10H11N3O4/c1-12-6-4-8(10(12)14)17-7-3-2-5-11-9(7)13(15)16/h2-3,5,8H,4,6H2,1H3/t8-/m1/s1. The lowest BCUT2D eigenvalue weighted by Crippen LogP contribution is -2.29. The summed E-state index contributed by atoms with van der Waals surface area (Å²) in [5.74, 6) is -0.496. The molecule has 2 heterocycles. The van der Waals surface area contributed by atoms with Gasteiger partial charge in [-0.3, -0.25) is 4.79 Å². The van der Waals surface area contributed by atoms with Crippen LogP contribution < -0.4 is 4.74 Å².